The normalized spacial score (nSPS) is 16.7. The van der Waals surface area contributed by atoms with E-state index in [1.165, 1.54) is 17.2 Å². The standard InChI is InChI=1S/C22H22FN7O3/c1-12-6-15(10-28-8-13(2)24-19(12)28)18-25-20-17(23)7-16(11-30(20)21(31)26-18)27-4-5-29(22(32)33)14(3)9-27/h6-8,10-11,14H,4-5,9H2,1-3H3,(H,32,33)/t14-/m0/s1. The van der Waals surface area contributed by atoms with Crippen LogP contribution in [-0.4, -0.2) is 65.5 Å². The average molecular weight is 451 g/mol. The van der Waals surface area contributed by atoms with Crippen LogP contribution in [0.4, 0.5) is 14.9 Å². The molecule has 1 aliphatic rings. The summed E-state index contributed by atoms with van der Waals surface area (Å²) in [6, 6.07) is 2.88. The van der Waals surface area contributed by atoms with E-state index < -0.39 is 17.6 Å². The molecule has 10 nitrogen and oxygen atoms in total. The summed E-state index contributed by atoms with van der Waals surface area (Å²) in [5, 5.41) is 9.26. The Labute approximate surface area is 187 Å². The van der Waals surface area contributed by atoms with Crippen molar-refractivity contribution in [1.82, 2.24) is 28.7 Å². The molecule has 0 radical (unpaired) electrons. The van der Waals surface area contributed by atoms with Crippen molar-refractivity contribution >= 4 is 23.1 Å². The molecular formula is C22H22FN7O3. The third-order valence-corrected chi connectivity index (χ3v) is 5.95. The van der Waals surface area contributed by atoms with E-state index in [1.807, 2.05) is 35.4 Å². The maximum absolute atomic E-state index is 15.1. The summed E-state index contributed by atoms with van der Waals surface area (Å²) in [5.74, 6) is -0.524. The first-order valence-electron chi connectivity index (χ1n) is 10.5. The van der Waals surface area contributed by atoms with Gasteiger partial charge in [0.05, 0.1) is 11.4 Å². The molecule has 5 heterocycles. The summed E-state index contributed by atoms with van der Waals surface area (Å²) in [5.41, 5.74) is 2.82. The third kappa shape index (κ3) is 3.55. The molecule has 1 amide bonds. The molecule has 0 unspecified atom stereocenters. The quantitative estimate of drug-likeness (QED) is 0.498. The van der Waals surface area contributed by atoms with Crippen LogP contribution in [0, 0.1) is 19.7 Å². The summed E-state index contributed by atoms with van der Waals surface area (Å²) >= 11 is 0. The Balaban J connectivity index is 1.55. The van der Waals surface area contributed by atoms with Gasteiger partial charge in [-0.2, -0.15) is 4.98 Å². The van der Waals surface area contributed by atoms with Crippen molar-refractivity contribution in [3.63, 3.8) is 0 Å². The molecule has 1 N–H and O–H groups in total. The zero-order valence-corrected chi connectivity index (χ0v) is 18.4. The summed E-state index contributed by atoms with van der Waals surface area (Å²) in [4.78, 5) is 40.2. The van der Waals surface area contributed by atoms with Gasteiger partial charge in [-0.1, -0.05) is 0 Å². The van der Waals surface area contributed by atoms with E-state index in [0.29, 0.717) is 24.3 Å². The van der Waals surface area contributed by atoms with Crippen LogP contribution in [-0.2, 0) is 0 Å². The van der Waals surface area contributed by atoms with Crippen molar-refractivity contribution in [3.05, 3.63) is 58.3 Å². The molecule has 4 aromatic rings. The van der Waals surface area contributed by atoms with Gasteiger partial charge >= 0.3 is 11.8 Å². The molecule has 1 aliphatic heterocycles. The molecule has 0 aliphatic carbocycles. The maximum atomic E-state index is 15.1. The number of aromatic nitrogens is 5. The molecule has 0 bridgehead atoms. The number of amides is 1. The first-order valence-corrected chi connectivity index (χ1v) is 10.5. The Bertz CT molecular complexity index is 1480. The SMILES string of the molecule is Cc1cn2cc(-c3nc(=O)n4cc(N5CCN(C(=O)O)[C@@H](C)C5)cc(F)c4n3)cc(C)c2n1. The molecule has 170 valence electrons. The molecule has 5 rings (SSSR count). The Kier molecular flexibility index (Phi) is 4.76. The van der Waals surface area contributed by atoms with Crippen LogP contribution in [0.2, 0.25) is 0 Å². The minimum atomic E-state index is -0.983. The highest BCUT2D eigenvalue weighted by molar-refractivity contribution is 5.66. The minimum Gasteiger partial charge on any atom is -0.465 e. The lowest BCUT2D eigenvalue weighted by molar-refractivity contribution is 0.122. The van der Waals surface area contributed by atoms with E-state index in [0.717, 1.165) is 21.3 Å². The molecule has 11 heteroatoms. The number of piperazine rings is 1. The van der Waals surface area contributed by atoms with Gasteiger partial charge in [-0.15, -0.1) is 0 Å². The zero-order valence-electron chi connectivity index (χ0n) is 18.4. The first-order chi connectivity index (χ1) is 15.7. The summed E-state index contributed by atoms with van der Waals surface area (Å²) in [6.45, 7) is 6.64. The van der Waals surface area contributed by atoms with Crippen LogP contribution >= 0.6 is 0 Å². The number of carboxylic acid groups (broad SMARTS) is 1. The van der Waals surface area contributed by atoms with Crippen molar-refractivity contribution in [1.29, 1.82) is 0 Å². The second-order valence-electron chi connectivity index (χ2n) is 8.37. The van der Waals surface area contributed by atoms with Crippen molar-refractivity contribution in [2.75, 3.05) is 24.5 Å². The molecule has 1 fully saturated rings. The van der Waals surface area contributed by atoms with Crippen LogP contribution < -0.4 is 10.6 Å². The molecule has 1 atom stereocenters. The maximum Gasteiger partial charge on any atom is 0.407 e. The van der Waals surface area contributed by atoms with Crippen molar-refractivity contribution in [2.24, 2.45) is 0 Å². The van der Waals surface area contributed by atoms with Crippen LogP contribution in [0.3, 0.4) is 0 Å². The molecule has 4 aromatic heterocycles. The van der Waals surface area contributed by atoms with Crippen molar-refractivity contribution in [2.45, 2.75) is 26.8 Å². The molecule has 1 saturated heterocycles. The van der Waals surface area contributed by atoms with Crippen molar-refractivity contribution in [3.8, 4) is 11.4 Å². The minimum absolute atomic E-state index is 0.120. The highest BCUT2D eigenvalue weighted by atomic mass is 19.1. The van der Waals surface area contributed by atoms with Gasteiger partial charge in [0, 0.05) is 55.9 Å². The fourth-order valence-electron chi connectivity index (χ4n) is 4.35. The number of pyridine rings is 2. The smallest absolute Gasteiger partial charge is 0.407 e. The number of hydrogen-bond donors (Lipinski definition) is 1. The van der Waals surface area contributed by atoms with Gasteiger partial charge in [0.2, 0.25) is 0 Å². The molecule has 0 saturated carbocycles. The van der Waals surface area contributed by atoms with Gasteiger partial charge < -0.3 is 19.3 Å². The second kappa shape index (κ2) is 7.54. The Hall–Kier alpha value is -4.02. The van der Waals surface area contributed by atoms with Crippen molar-refractivity contribution < 1.29 is 14.3 Å². The largest absolute Gasteiger partial charge is 0.465 e. The van der Waals surface area contributed by atoms with Gasteiger partial charge in [-0.3, -0.25) is 0 Å². The number of aryl methyl sites for hydroxylation is 2. The highest BCUT2D eigenvalue weighted by Gasteiger charge is 2.28. The summed E-state index contributed by atoms with van der Waals surface area (Å²) in [6.07, 6.45) is 4.14. The van der Waals surface area contributed by atoms with Crippen LogP contribution in [0.5, 0.6) is 0 Å². The Morgan fingerprint density at radius 2 is 1.88 bits per heavy atom. The lowest BCUT2D eigenvalue weighted by Crippen LogP contribution is -2.53. The lowest BCUT2D eigenvalue weighted by atomic mass is 10.2. The zero-order chi connectivity index (χ0) is 23.4. The number of carbonyl (C=O) groups is 1. The number of fused-ring (bicyclic) bond motifs is 2. The van der Waals surface area contributed by atoms with E-state index in [1.54, 1.807) is 13.1 Å². The number of anilines is 1. The van der Waals surface area contributed by atoms with E-state index >= 15 is 4.39 Å². The van der Waals surface area contributed by atoms with Crippen LogP contribution in [0.15, 0.2) is 35.5 Å². The highest BCUT2D eigenvalue weighted by Crippen LogP contribution is 2.24. The molecule has 33 heavy (non-hydrogen) atoms. The fraction of sp³-hybridized carbons (Fsp3) is 0.318. The van der Waals surface area contributed by atoms with Gasteiger partial charge in [-0.05, 0) is 32.4 Å². The van der Waals surface area contributed by atoms with Gasteiger partial charge in [0.1, 0.15) is 5.65 Å². The number of imidazole rings is 1. The van der Waals surface area contributed by atoms with Crippen LogP contribution in [0.1, 0.15) is 18.2 Å². The number of rotatable bonds is 2. The second-order valence-corrected chi connectivity index (χ2v) is 8.37. The fourth-order valence-corrected chi connectivity index (χ4v) is 4.35. The Morgan fingerprint density at radius 1 is 1.09 bits per heavy atom. The van der Waals surface area contributed by atoms with E-state index in [4.69, 9.17) is 0 Å². The third-order valence-electron chi connectivity index (χ3n) is 5.95. The molecule has 0 aromatic carbocycles. The average Bonchev–Trinajstić information content (AvgIpc) is 3.14. The number of halogens is 1. The van der Waals surface area contributed by atoms with E-state index in [9.17, 15) is 14.7 Å². The van der Waals surface area contributed by atoms with Crippen LogP contribution in [0.25, 0.3) is 22.7 Å². The van der Waals surface area contributed by atoms with E-state index in [-0.39, 0.29) is 24.1 Å². The molecule has 0 spiro atoms. The monoisotopic (exact) mass is 451 g/mol. The Morgan fingerprint density at radius 3 is 2.61 bits per heavy atom. The van der Waals surface area contributed by atoms with Gasteiger partial charge in [0.15, 0.2) is 17.3 Å². The lowest BCUT2D eigenvalue weighted by Gasteiger charge is -2.39. The first kappa shape index (κ1) is 20.9. The molecular weight excluding hydrogens is 429 g/mol. The number of hydrogen-bond acceptors (Lipinski definition) is 6. The van der Waals surface area contributed by atoms with E-state index in [2.05, 4.69) is 15.0 Å². The van der Waals surface area contributed by atoms with Gasteiger partial charge in [-0.25, -0.2) is 28.3 Å². The topological polar surface area (TPSA) is 108 Å². The predicted molar refractivity (Wildman–Crippen MR) is 119 cm³/mol. The number of nitrogens with zero attached hydrogens (tertiary/aromatic N) is 7. The summed E-state index contributed by atoms with van der Waals surface area (Å²) in [7, 11) is 0. The predicted octanol–water partition coefficient (Wildman–Crippen LogP) is 2.35. The van der Waals surface area contributed by atoms with Gasteiger partial charge in [0.25, 0.3) is 0 Å². The summed E-state index contributed by atoms with van der Waals surface area (Å²) < 4.78 is 18.0.